The third-order valence-electron chi connectivity index (χ3n) is 5.33. The van der Waals surface area contributed by atoms with Crippen LogP contribution in [0.3, 0.4) is 0 Å². The van der Waals surface area contributed by atoms with E-state index in [-0.39, 0.29) is 12.7 Å². The van der Waals surface area contributed by atoms with Crippen LogP contribution in [0.4, 0.5) is 4.79 Å². The van der Waals surface area contributed by atoms with Gasteiger partial charge in [-0.1, -0.05) is 78.6 Å². The maximum Gasteiger partial charge on any atom is 0.508 e. The monoisotopic (exact) mass is 401 g/mol. The number of carbonyl (C=O) groups is 1. The Kier molecular flexibility index (Phi) is 20.3. The number of nitrogens with zero attached hydrogens (tertiary/aromatic N) is 1. The number of aliphatic hydroxyl groups excluding tert-OH is 1. The summed E-state index contributed by atoms with van der Waals surface area (Å²) in [7, 11) is 0. The summed E-state index contributed by atoms with van der Waals surface area (Å²) in [4.78, 5) is 14.2. The highest BCUT2D eigenvalue weighted by Crippen LogP contribution is 2.14. The summed E-state index contributed by atoms with van der Waals surface area (Å²) < 4.78 is 10.6. The Bertz CT molecular complexity index is 335. The molecule has 168 valence electrons. The van der Waals surface area contributed by atoms with Gasteiger partial charge in [-0.25, -0.2) is 4.79 Å². The zero-order valence-electron chi connectivity index (χ0n) is 18.9. The summed E-state index contributed by atoms with van der Waals surface area (Å²) in [6.07, 6.45) is 14.2. The smallest absolute Gasteiger partial charge is 0.434 e. The molecule has 1 atom stereocenters. The van der Waals surface area contributed by atoms with Crippen molar-refractivity contribution in [1.82, 2.24) is 4.90 Å². The fourth-order valence-corrected chi connectivity index (χ4v) is 3.42. The molecule has 5 heteroatoms. The minimum absolute atomic E-state index is 0.0394. The molecular formula is C23H47NO4. The van der Waals surface area contributed by atoms with Gasteiger partial charge in [0.05, 0.1) is 6.61 Å². The highest BCUT2D eigenvalue weighted by Gasteiger charge is 2.15. The number of carbonyl (C=O) groups excluding carboxylic acids is 1. The van der Waals surface area contributed by atoms with Gasteiger partial charge in [0.15, 0.2) is 0 Å². The first-order valence-corrected chi connectivity index (χ1v) is 11.8. The van der Waals surface area contributed by atoms with E-state index < -0.39 is 6.16 Å². The Morgan fingerprint density at radius 1 is 0.821 bits per heavy atom. The Labute approximate surface area is 174 Å². The molecule has 0 aromatic rings. The van der Waals surface area contributed by atoms with Gasteiger partial charge in [-0.15, -0.1) is 0 Å². The van der Waals surface area contributed by atoms with Crippen LogP contribution in [0.1, 0.15) is 104 Å². The van der Waals surface area contributed by atoms with Crippen molar-refractivity contribution in [2.45, 2.75) is 110 Å². The second kappa shape index (κ2) is 20.9. The van der Waals surface area contributed by atoms with Crippen LogP contribution in [-0.2, 0) is 9.47 Å². The summed E-state index contributed by atoms with van der Waals surface area (Å²) in [6, 6.07) is 0. The predicted molar refractivity (Wildman–Crippen MR) is 117 cm³/mol. The summed E-state index contributed by atoms with van der Waals surface area (Å²) in [5.74, 6) is 0. The van der Waals surface area contributed by atoms with Gasteiger partial charge in [0.2, 0.25) is 0 Å². The minimum Gasteiger partial charge on any atom is -0.434 e. The lowest BCUT2D eigenvalue weighted by Gasteiger charge is -2.18. The van der Waals surface area contributed by atoms with Crippen molar-refractivity contribution in [2.75, 3.05) is 32.8 Å². The van der Waals surface area contributed by atoms with Crippen molar-refractivity contribution in [3.63, 3.8) is 0 Å². The molecule has 0 spiro atoms. The maximum absolute atomic E-state index is 11.9. The highest BCUT2D eigenvalue weighted by molar-refractivity contribution is 5.60. The molecule has 0 saturated heterocycles. The molecule has 5 nitrogen and oxygen atoms in total. The quantitative estimate of drug-likeness (QED) is 0.202. The Morgan fingerprint density at radius 2 is 1.39 bits per heavy atom. The molecule has 0 radical (unpaired) electrons. The molecule has 0 amide bonds. The molecule has 0 saturated carbocycles. The van der Waals surface area contributed by atoms with E-state index in [1.165, 1.54) is 57.8 Å². The summed E-state index contributed by atoms with van der Waals surface area (Å²) in [5.41, 5.74) is 0. The van der Waals surface area contributed by atoms with Crippen molar-refractivity contribution >= 4 is 6.16 Å². The third kappa shape index (κ3) is 17.3. The van der Waals surface area contributed by atoms with Gasteiger partial charge in [0.25, 0.3) is 0 Å². The predicted octanol–water partition coefficient (Wildman–Crippen LogP) is 5.93. The van der Waals surface area contributed by atoms with E-state index >= 15 is 0 Å². The number of rotatable bonds is 20. The SMILES string of the molecule is CCCCCCCCCCCCC(CCO)OC(=O)OCCCN(CC)CC. The zero-order chi connectivity index (χ0) is 20.9. The summed E-state index contributed by atoms with van der Waals surface area (Å²) in [6.45, 7) is 9.89. The first kappa shape index (κ1) is 27.2. The second-order valence-corrected chi connectivity index (χ2v) is 7.70. The van der Waals surface area contributed by atoms with Crippen LogP contribution in [0.25, 0.3) is 0 Å². The van der Waals surface area contributed by atoms with Crippen molar-refractivity contribution < 1.29 is 19.4 Å². The van der Waals surface area contributed by atoms with Gasteiger partial charge < -0.3 is 19.5 Å². The summed E-state index contributed by atoms with van der Waals surface area (Å²) in [5, 5.41) is 9.20. The molecule has 1 N–H and O–H groups in total. The zero-order valence-corrected chi connectivity index (χ0v) is 18.9. The van der Waals surface area contributed by atoms with Crippen LogP contribution in [-0.4, -0.2) is 55.1 Å². The van der Waals surface area contributed by atoms with Crippen molar-refractivity contribution in [3.05, 3.63) is 0 Å². The van der Waals surface area contributed by atoms with Crippen molar-refractivity contribution in [3.8, 4) is 0 Å². The molecule has 1 unspecified atom stereocenters. The number of ether oxygens (including phenoxy) is 2. The van der Waals surface area contributed by atoms with Crippen molar-refractivity contribution in [2.24, 2.45) is 0 Å². The highest BCUT2D eigenvalue weighted by atomic mass is 16.7. The van der Waals surface area contributed by atoms with Gasteiger partial charge in [0, 0.05) is 19.6 Å². The van der Waals surface area contributed by atoms with Gasteiger partial charge in [-0.2, -0.15) is 0 Å². The van der Waals surface area contributed by atoms with Crippen LogP contribution in [0.15, 0.2) is 0 Å². The number of hydrogen-bond acceptors (Lipinski definition) is 5. The van der Waals surface area contributed by atoms with Gasteiger partial charge in [-0.3, -0.25) is 0 Å². The van der Waals surface area contributed by atoms with E-state index in [1.54, 1.807) is 0 Å². The van der Waals surface area contributed by atoms with Crippen molar-refractivity contribution in [1.29, 1.82) is 0 Å². The van der Waals surface area contributed by atoms with Gasteiger partial charge in [-0.05, 0) is 32.4 Å². The van der Waals surface area contributed by atoms with Crippen LogP contribution in [0.2, 0.25) is 0 Å². The van der Waals surface area contributed by atoms with E-state index in [0.717, 1.165) is 38.9 Å². The van der Waals surface area contributed by atoms with E-state index in [0.29, 0.717) is 13.0 Å². The number of hydrogen-bond donors (Lipinski definition) is 1. The molecular weight excluding hydrogens is 354 g/mol. The molecule has 0 aromatic carbocycles. The third-order valence-corrected chi connectivity index (χ3v) is 5.33. The van der Waals surface area contributed by atoms with Gasteiger partial charge >= 0.3 is 6.16 Å². The summed E-state index contributed by atoms with van der Waals surface area (Å²) >= 11 is 0. The van der Waals surface area contributed by atoms with Crippen LogP contribution in [0, 0.1) is 0 Å². The number of aliphatic hydroxyl groups is 1. The molecule has 0 rings (SSSR count). The molecule has 0 fully saturated rings. The van der Waals surface area contributed by atoms with Crippen LogP contribution < -0.4 is 0 Å². The normalized spacial score (nSPS) is 12.3. The van der Waals surface area contributed by atoms with E-state index in [9.17, 15) is 9.90 Å². The molecule has 0 aliphatic heterocycles. The van der Waals surface area contributed by atoms with E-state index in [1.807, 2.05) is 0 Å². The standard InChI is InChI=1S/C23H47NO4/c1-4-7-8-9-10-11-12-13-14-15-17-22(18-20-25)28-23(26)27-21-16-19-24(5-2)6-3/h22,25H,4-21H2,1-3H3. The fraction of sp³-hybridized carbons (Fsp3) is 0.957. The van der Waals surface area contributed by atoms with E-state index in [2.05, 4.69) is 25.7 Å². The second-order valence-electron chi connectivity index (χ2n) is 7.70. The first-order chi connectivity index (χ1) is 13.7. The average Bonchev–Trinajstić information content (AvgIpc) is 2.69. The lowest BCUT2D eigenvalue weighted by Crippen LogP contribution is -2.26. The van der Waals surface area contributed by atoms with Gasteiger partial charge in [0.1, 0.15) is 6.10 Å². The Hall–Kier alpha value is -0.810. The lowest BCUT2D eigenvalue weighted by molar-refractivity contribution is 0.0104. The average molecular weight is 402 g/mol. The molecule has 0 aliphatic rings. The fourth-order valence-electron chi connectivity index (χ4n) is 3.42. The minimum atomic E-state index is -0.593. The topological polar surface area (TPSA) is 59.0 Å². The molecule has 28 heavy (non-hydrogen) atoms. The lowest BCUT2D eigenvalue weighted by atomic mass is 10.0. The van der Waals surface area contributed by atoms with E-state index in [4.69, 9.17) is 9.47 Å². The molecule has 0 bridgehead atoms. The first-order valence-electron chi connectivity index (χ1n) is 11.8. The Balaban J connectivity index is 3.71. The molecule has 0 aromatic heterocycles. The Morgan fingerprint density at radius 3 is 1.93 bits per heavy atom. The maximum atomic E-state index is 11.9. The number of unbranched alkanes of at least 4 members (excludes halogenated alkanes) is 9. The van der Waals surface area contributed by atoms with Crippen LogP contribution >= 0.6 is 0 Å². The van der Waals surface area contributed by atoms with Crippen LogP contribution in [0.5, 0.6) is 0 Å². The molecule has 0 heterocycles. The largest absolute Gasteiger partial charge is 0.508 e. The molecule has 0 aliphatic carbocycles.